The van der Waals surface area contributed by atoms with Crippen molar-refractivity contribution in [1.29, 1.82) is 0 Å². The van der Waals surface area contributed by atoms with Crippen LogP contribution in [0, 0.1) is 19.7 Å². The van der Waals surface area contributed by atoms with Crippen LogP contribution in [0.25, 0.3) is 0 Å². The van der Waals surface area contributed by atoms with Gasteiger partial charge in [0.1, 0.15) is 5.82 Å². The monoisotopic (exact) mass is 392 g/mol. The molecular formula is C20H25FN2O3S. The molecule has 0 aromatic heterocycles. The van der Waals surface area contributed by atoms with Gasteiger partial charge in [0.15, 0.2) is 0 Å². The number of rotatable bonds is 4. The molecule has 1 aliphatic heterocycles. The summed E-state index contributed by atoms with van der Waals surface area (Å²) >= 11 is 0. The molecule has 3 rings (SSSR count). The summed E-state index contributed by atoms with van der Waals surface area (Å²) in [6.45, 7) is 8.65. The first-order chi connectivity index (χ1) is 12.7. The van der Waals surface area contributed by atoms with Gasteiger partial charge in [-0.1, -0.05) is 12.1 Å². The molecule has 0 saturated carbocycles. The van der Waals surface area contributed by atoms with Crippen LogP contribution in [0.4, 0.5) is 15.8 Å². The Morgan fingerprint density at radius 2 is 1.74 bits per heavy atom. The SMILES string of the molecule is Cc1ccc(C)c(S(=O)(=O)Nc2ccc(N3CC(C)OC(C)C3)c(F)c2)c1. The molecule has 1 fully saturated rings. The summed E-state index contributed by atoms with van der Waals surface area (Å²) < 4.78 is 48.3. The van der Waals surface area contributed by atoms with Gasteiger partial charge in [0.25, 0.3) is 10.0 Å². The normalized spacial score (nSPS) is 20.6. The number of hydrogen-bond donors (Lipinski definition) is 1. The van der Waals surface area contributed by atoms with Crippen molar-refractivity contribution in [2.45, 2.75) is 44.8 Å². The lowest BCUT2D eigenvalue weighted by molar-refractivity contribution is -0.00539. The van der Waals surface area contributed by atoms with Gasteiger partial charge in [-0.25, -0.2) is 12.8 Å². The van der Waals surface area contributed by atoms with Gasteiger partial charge in [-0.2, -0.15) is 0 Å². The van der Waals surface area contributed by atoms with E-state index in [1.54, 1.807) is 31.2 Å². The van der Waals surface area contributed by atoms with Gasteiger partial charge in [-0.15, -0.1) is 0 Å². The van der Waals surface area contributed by atoms with E-state index in [0.717, 1.165) is 5.56 Å². The largest absolute Gasteiger partial charge is 0.372 e. The Morgan fingerprint density at radius 1 is 1.07 bits per heavy atom. The Balaban J connectivity index is 1.84. The molecule has 0 bridgehead atoms. The molecule has 0 amide bonds. The van der Waals surface area contributed by atoms with Gasteiger partial charge >= 0.3 is 0 Å². The molecular weight excluding hydrogens is 367 g/mol. The number of benzene rings is 2. The summed E-state index contributed by atoms with van der Waals surface area (Å²) in [7, 11) is -3.79. The Kier molecular flexibility index (Phi) is 5.44. The Bertz CT molecular complexity index is 936. The first-order valence-corrected chi connectivity index (χ1v) is 10.4. The third kappa shape index (κ3) is 4.42. The van der Waals surface area contributed by atoms with Gasteiger partial charge < -0.3 is 9.64 Å². The van der Waals surface area contributed by atoms with Crippen LogP contribution >= 0.6 is 0 Å². The molecule has 0 radical (unpaired) electrons. The molecule has 2 aromatic carbocycles. The van der Waals surface area contributed by atoms with E-state index in [-0.39, 0.29) is 22.8 Å². The summed E-state index contributed by atoms with van der Waals surface area (Å²) in [4.78, 5) is 2.12. The summed E-state index contributed by atoms with van der Waals surface area (Å²) in [5.74, 6) is -0.461. The van der Waals surface area contributed by atoms with Gasteiger partial charge in [-0.3, -0.25) is 4.72 Å². The van der Waals surface area contributed by atoms with Crippen molar-refractivity contribution in [2.75, 3.05) is 22.7 Å². The molecule has 1 N–H and O–H groups in total. The molecule has 2 atom stereocenters. The number of nitrogens with one attached hydrogen (secondary N) is 1. The molecule has 7 heteroatoms. The third-order valence-electron chi connectivity index (χ3n) is 4.59. The van der Waals surface area contributed by atoms with E-state index in [0.29, 0.717) is 24.3 Å². The highest BCUT2D eigenvalue weighted by Crippen LogP contribution is 2.28. The number of anilines is 2. The number of aryl methyl sites for hydroxylation is 2. The van der Waals surface area contributed by atoms with Crippen LogP contribution in [0.15, 0.2) is 41.3 Å². The topological polar surface area (TPSA) is 58.6 Å². The van der Waals surface area contributed by atoms with Crippen molar-refractivity contribution in [1.82, 2.24) is 0 Å². The molecule has 2 aromatic rings. The lowest BCUT2D eigenvalue weighted by Crippen LogP contribution is -2.45. The van der Waals surface area contributed by atoms with Crippen molar-refractivity contribution in [3.8, 4) is 0 Å². The highest BCUT2D eigenvalue weighted by Gasteiger charge is 2.25. The lowest BCUT2D eigenvalue weighted by atomic mass is 10.2. The number of morpholine rings is 1. The van der Waals surface area contributed by atoms with Crippen molar-refractivity contribution < 1.29 is 17.5 Å². The van der Waals surface area contributed by atoms with Gasteiger partial charge in [0.2, 0.25) is 0 Å². The molecule has 5 nitrogen and oxygen atoms in total. The number of halogens is 1. The Morgan fingerprint density at radius 3 is 2.37 bits per heavy atom. The van der Waals surface area contributed by atoms with E-state index in [1.165, 1.54) is 6.07 Å². The molecule has 0 spiro atoms. The van der Waals surface area contributed by atoms with Gasteiger partial charge in [0, 0.05) is 19.2 Å². The maximum absolute atomic E-state index is 14.7. The minimum atomic E-state index is -3.79. The lowest BCUT2D eigenvalue weighted by Gasteiger charge is -2.37. The van der Waals surface area contributed by atoms with E-state index >= 15 is 0 Å². The van der Waals surface area contributed by atoms with Crippen molar-refractivity contribution in [3.05, 3.63) is 53.3 Å². The standard InChI is InChI=1S/C20H25FN2O3S/c1-13-5-6-14(2)20(9-13)27(24,25)22-17-7-8-19(18(21)10-17)23-11-15(3)26-16(4)12-23/h5-10,15-16,22H,11-12H2,1-4H3. The van der Waals surface area contributed by atoms with E-state index < -0.39 is 15.8 Å². The smallest absolute Gasteiger partial charge is 0.262 e. The second kappa shape index (κ2) is 7.48. The van der Waals surface area contributed by atoms with E-state index in [2.05, 4.69) is 4.72 Å². The first kappa shape index (κ1) is 19.6. The minimum Gasteiger partial charge on any atom is -0.372 e. The molecule has 146 valence electrons. The van der Waals surface area contributed by atoms with Gasteiger partial charge in [0.05, 0.1) is 28.5 Å². The summed E-state index contributed by atoms with van der Waals surface area (Å²) in [6.07, 6.45) is 0.0197. The molecule has 2 unspecified atom stereocenters. The fourth-order valence-corrected chi connectivity index (χ4v) is 4.79. The fraction of sp³-hybridized carbons (Fsp3) is 0.400. The first-order valence-electron chi connectivity index (χ1n) is 8.96. The second-order valence-corrected chi connectivity index (χ2v) is 8.85. The third-order valence-corrected chi connectivity index (χ3v) is 6.12. The van der Waals surface area contributed by atoms with Crippen molar-refractivity contribution in [2.24, 2.45) is 0 Å². The van der Waals surface area contributed by atoms with Crippen molar-refractivity contribution >= 4 is 21.4 Å². The van der Waals surface area contributed by atoms with Crippen LogP contribution in [0.5, 0.6) is 0 Å². The van der Waals surface area contributed by atoms with Crippen LogP contribution in [-0.4, -0.2) is 33.7 Å². The van der Waals surface area contributed by atoms with Crippen molar-refractivity contribution in [3.63, 3.8) is 0 Å². The average molecular weight is 392 g/mol. The van der Waals surface area contributed by atoms with E-state index in [9.17, 15) is 12.8 Å². The van der Waals surface area contributed by atoms with E-state index in [1.807, 2.05) is 31.7 Å². The Hall–Kier alpha value is -2.12. The number of ether oxygens (including phenoxy) is 1. The number of hydrogen-bond acceptors (Lipinski definition) is 4. The van der Waals surface area contributed by atoms with Gasteiger partial charge in [-0.05, 0) is 57.0 Å². The number of sulfonamides is 1. The Labute approximate surface area is 160 Å². The predicted octanol–water partition coefficient (Wildman–Crippen LogP) is 3.86. The van der Waals surface area contributed by atoms with Crippen LogP contribution in [0.1, 0.15) is 25.0 Å². The minimum absolute atomic E-state index is 0.00984. The molecule has 1 saturated heterocycles. The second-order valence-electron chi connectivity index (χ2n) is 7.20. The summed E-state index contributed by atoms with van der Waals surface area (Å²) in [5, 5.41) is 0. The average Bonchev–Trinajstić information content (AvgIpc) is 2.55. The quantitative estimate of drug-likeness (QED) is 0.858. The zero-order valence-corrected chi connectivity index (χ0v) is 16.8. The molecule has 0 aliphatic carbocycles. The fourth-order valence-electron chi connectivity index (χ4n) is 3.41. The highest BCUT2D eigenvalue weighted by atomic mass is 32.2. The zero-order valence-electron chi connectivity index (χ0n) is 16.0. The molecule has 1 heterocycles. The molecule has 27 heavy (non-hydrogen) atoms. The van der Waals surface area contributed by atoms with Crippen LogP contribution in [-0.2, 0) is 14.8 Å². The molecule has 1 aliphatic rings. The van der Waals surface area contributed by atoms with Crippen LogP contribution < -0.4 is 9.62 Å². The summed E-state index contributed by atoms with van der Waals surface area (Å²) in [5.41, 5.74) is 2.14. The van der Waals surface area contributed by atoms with E-state index in [4.69, 9.17) is 4.74 Å². The highest BCUT2D eigenvalue weighted by molar-refractivity contribution is 7.92. The van der Waals surface area contributed by atoms with Crippen LogP contribution in [0.2, 0.25) is 0 Å². The number of nitrogens with zero attached hydrogens (tertiary/aromatic N) is 1. The summed E-state index contributed by atoms with van der Waals surface area (Å²) in [6, 6.07) is 9.65. The predicted molar refractivity (Wildman–Crippen MR) is 105 cm³/mol. The maximum Gasteiger partial charge on any atom is 0.262 e. The maximum atomic E-state index is 14.7. The zero-order chi connectivity index (χ0) is 19.8. The van der Waals surface area contributed by atoms with Crippen LogP contribution in [0.3, 0.4) is 0 Å².